The molecule has 2 atom stereocenters. The quantitative estimate of drug-likeness (QED) is 0.341. The summed E-state index contributed by atoms with van der Waals surface area (Å²) >= 11 is 0. The first-order chi connectivity index (χ1) is 14.0. The Morgan fingerprint density at radius 2 is 1.60 bits per heavy atom. The summed E-state index contributed by atoms with van der Waals surface area (Å²) in [6.07, 6.45) is 0.525. The third-order valence-corrected chi connectivity index (χ3v) is 5.05. The molecule has 1 fully saturated rings. The second-order valence-electron chi connectivity index (χ2n) is 7.63. The molecule has 1 saturated heterocycles. The van der Waals surface area contributed by atoms with E-state index in [4.69, 9.17) is 4.74 Å². The van der Waals surface area contributed by atoms with Crippen LogP contribution in [0.15, 0.2) is 53.5 Å². The molecule has 30 heavy (non-hydrogen) atoms. The molecule has 0 aliphatic carbocycles. The minimum absolute atomic E-state index is 0. The zero-order chi connectivity index (χ0) is 20.6. The molecule has 1 aliphatic heterocycles. The van der Waals surface area contributed by atoms with Crippen LogP contribution in [0.1, 0.15) is 30.5 Å². The summed E-state index contributed by atoms with van der Waals surface area (Å²) < 4.78 is 18.9. The molecule has 0 saturated carbocycles. The number of nitrogens with zero attached hydrogens (tertiary/aromatic N) is 2. The first kappa shape index (κ1) is 24.6. The molecule has 3 rings (SSSR count). The van der Waals surface area contributed by atoms with Gasteiger partial charge < -0.3 is 15.4 Å². The Bertz CT molecular complexity index is 805. The van der Waals surface area contributed by atoms with Gasteiger partial charge in [-0.05, 0) is 42.7 Å². The SMILES string of the molecule is CN=C(NCc1ccc(F)cc1)NCc1ccccc1CN1CC(C)OC(C)C1.I. The summed E-state index contributed by atoms with van der Waals surface area (Å²) in [6, 6.07) is 15.0. The van der Waals surface area contributed by atoms with Crippen molar-refractivity contribution in [2.24, 2.45) is 4.99 Å². The lowest BCUT2D eigenvalue weighted by atomic mass is 10.1. The van der Waals surface area contributed by atoms with Crippen LogP contribution >= 0.6 is 24.0 Å². The highest BCUT2D eigenvalue weighted by Crippen LogP contribution is 2.17. The Labute approximate surface area is 196 Å². The molecular weight excluding hydrogens is 494 g/mol. The number of nitrogens with one attached hydrogen (secondary N) is 2. The van der Waals surface area contributed by atoms with Crippen LogP contribution in [0.25, 0.3) is 0 Å². The van der Waals surface area contributed by atoms with Crippen LogP contribution in [0.3, 0.4) is 0 Å². The van der Waals surface area contributed by atoms with Crippen LogP contribution in [0.2, 0.25) is 0 Å². The van der Waals surface area contributed by atoms with E-state index >= 15 is 0 Å². The molecule has 1 aliphatic rings. The van der Waals surface area contributed by atoms with Gasteiger partial charge in [-0.3, -0.25) is 9.89 Å². The van der Waals surface area contributed by atoms with E-state index in [2.05, 4.69) is 58.6 Å². The number of rotatable bonds is 6. The number of guanidine groups is 1. The van der Waals surface area contributed by atoms with Gasteiger partial charge in [-0.1, -0.05) is 36.4 Å². The predicted molar refractivity (Wildman–Crippen MR) is 131 cm³/mol. The van der Waals surface area contributed by atoms with Gasteiger partial charge in [0.25, 0.3) is 0 Å². The summed E-state index contributed by atoms with van der Waals surface area (Å²) in [5.41, 5.74) is 3.57. The second kappa shape index (κ2) is 12.2. The van der Waals surface area contributed by atoms with Crippen LogP contribution in [-0.2, 0) is 24.4 Å². The van der Waals surface area contributed by atoms with Crippen molar-refractivity contribution in [1.29, 1.82) is 0 Å². The van der Waals surface area contributed by atoms with Crippen molar-refractivity contribution in [1.82, 2.24) is 15.5 Å². The maximum absolute atomic E-state index is 13.0. The van der Waals surface area contributed by atoms with Crippen molar-refractivity contribution in [3.05, 3.63) is 71.0 Å². The highest BCUT2D eigenvalue weighted by Gasteiger charge is 2.22. The number of halogens is 2. The molecule has 2 unspecified atom stereocenters. The van der Waals surface area contributed by atoms with Gasteiger partial charge in [0.2, 0.25) is 0 Å². The summed E-state index contributed by atoms with van der Waals surface area (Å²) in [4.78, 5) is 6.75. The molecule has 0 bridgehead atoms. The van der Waals surface area contributed by atoms with Gasteiger partial charge in [0, 0.05) is 39.8 Å². The standard InChI is InChI=1S/C23H31FN4O.HI/c1-17-14-28(15-18(2)29-17)16-21-7-5-4-6-20(21)13-27-23(25-3)26-12-19-8-10-22(24)11-9-19;/h4-11,17-18H,12-16H2,1-3H3,(H2,25,26,27);1H. The smallest absolute Gasteiger partial charge is 0.191 e. The average molecular weight is 526 g/mol. The lowest BCUT2D eigenvalue weighted by Crippen LogP contribution is -2.45. The van der Waals surface area contributed by atoms with Gasteiger partial charge in [-0.15, -0.1) is 24.0 Å². The fourth-order valence-corrected chi connectivity index (χ4v) is 3.73. The van der Waals surface area contributed by atoms with E-state index in [9.17, 15) is 4.39 Å². The lowest BCUT2D eigenvalue weighted by molar-refractivity contribution is -0.0705. The number of morpholine rings is 1. The van der Waals surface area contributed by atoms with Crippen molar-refractivity contribution in [3.8, 4) is 0 Å². The van der Waals surface area contributed by atoms with Crippen LogP contribution in [-0.4, -0.2) is 43.2 Å². The Hall–Kier alpha value is -1.71. The van der Waals surface area contributed by atoms with Crippen molar-refractivity contribution in [3.63, 3.8) is 0 Å². The van der Waals surface area contributed by atoms with E-state index in [0.29, 0.717) is 13.1 Å². The van der Waals surface area contributed by atoms with E-state index in [1.807, 2.05) is 0 Å². The Morgan fingerprint density at radius 1 is 1.00 bits per heavy atom. The monoisotopic (exact) mass is 526 g/mol. The third kappa shape index (κ3) is 7.52. The van der Waals surface area contributed by atoms with E-state index in [0.717, 1.165) is 31.2 Å². The molecule has 0 amide bonds. The van der Waals surface area contributed by atoms with Crippen molar-refractivity contribution < 1.29 is 9.13 Å². The molecule has 2 N–H and O–H groups in total. The average Bonchev–Trinajstić information content (AvgIpc) is 2.70. The minimum atomic E-state index is -0.225. The predicted octanol–water partition coefficient (Wildman–Crippen LogP) is 3.92. The first-order valence-electron chi connectivity index (χ1n) is 10.2. The zero-order valence-corrected chi connectivity index (χ0v) is 20.2. The van der Waals surface area contributed by atoms with E-state index in [1.165, 1.54) is 23.3 Å². The normalized spacial score (nSPS) is 19.8. The summed E-state index contributed by atoms with van der Waals surface area (Å²) in [6.45, 7) is 8.36. The van der Waals surface area contributed by atoms with Crippen LogP contribution in [0.4, 0.5) is 4.39 Å². The highest BCUT2D eigenvalue weighted by molar-refractivity contribution is 14.0. The molecule has 2 aromatic carbocycles. The van der Waals surface area contributed by atoms with Gasteiger partial charge in [0.05, 0.1) is 12.2 Å². The van der Waals surface area contributed by atoms with Crippen LogP contribution in [0, 0.1) is 5.82 Å². The summed E-state index contributed by atoms with van der Waals surface area (Å²) in [5, 5.41) is 6.66. The fourth-order valence-electron chi connectivity index (χ4n) is 3.73. The summed E-state index contributed by atoms with van der Waals surface area (Å²) in [7, 11) is 1.75. The third-order valence-electron chi connectivity index (χ3n) is 5.05. The maximum Gasteiger partial charge on any atom is 0.191 e. The molecule has 7 heteroatoms. The van der Waals surface area contributed by atoms with Gasteiger partial charge in [0.1, 0.15) is 5.82 Å². The number of benzene rings is 2. The van der Waals surface area contributed by atoms with Crippen LogP contribution < -0.4 is 10.6 Å². The minimum Gasteiger partial charge on any atom is -0.373 e. The first-order valence-corrected chi connectivity index (χ1v) is 10.2. The molecule has 164 valence electrons. The van der Waals surface area contributed by atoms with Gasteiger partial charge in [0.15, 0.2) is 5.96 Å². The molecule has 0 aromatic heterocycles. The molecule has 0 radical (unpaired) electrons. The summed E-state index contributed by atoms with van der Waals surface area (Å²) in [5.74, 6) is 0.495. The van der Waals surface area contributed by atoms with E-state index < -0.39 is 0 Å². The molecule has 2 aromatic rings. The zero-order valence-electron chi connectivity index (χ0n) is 17.9. The molecule has 5 nitrogen and oxygen atoms in total. The molecular formula is C23H32FIN4O. The van der Waals surface area contributed by atoms with Gasteiger partial charge in [-0.25, -0.2) is 4.39 Å². The molecule has 1 heterocycles. The van der Waals surface area contributed by atoms with Crippen molar-refractivity contribution in [2.75, 3.05) is 20.1 Å². The largest absolute Gasteiger partial charge is 0.373 e. The number of hydrogen-bond acceptors (Lipinski definition) is 3. The van der Waals surface area contributed by atoms with Crippen molar-refractivity contribution in [2.45, 2.75) is 45.7 Å². The Morgan fingerprint density at radius 3 is 2.23 bits per heavy atom. The number of hydrogen-bond donors (Lipinski definition) is 2. The lowest BCUT2D eigenvalue weighted by Gasteiger charge is -2.35. The van der Waals surface area contributed by atoms with Gasteiger partial charge in [-0.2, -0.15) is 0 Å². The van der Waals surface area contributed by atoms with Crippen molar-refractivity contribution >= 4 is 29.9 Å². The maximum atomic E-state index is 13.0. The number of aliphatic imine (C=N–C) groups is 1. The van der Waals surface area contributed by atoms with Gasteiger partial charge >= 0.3 is 0 Å². The van der Waals surface area contributed by atoms with E-state index in [1.54, 1.807) is 19.2 Å². The fraction of sp³-hybridized carbons (Fsp3) is 0.435. The second-order valence-corrected chi connectivity index (χ2v) is 7.63. The Kier molecular flexibility index (Phi) is 10.0. The van der Waals surface area contributed by atoms with Crippen LogP contribution in [0.5, 0.6) is 0 Å². The molecule has 0 spiro atoms. The highest BCUT2D eigenvalue weighted by atomic mass is 127. The Balaban J connectivity index is 0.00000320. The number of ether oxygens (including phenoxy) is 1. The van der Waals surface area contributed by atoms with E-state index in [-0.39, 0.29) is 42.0 Å². The topological polar surface area (TPSA) is 48.9 Å².